The minimum absolute atomic E-state index is 0.159. The van der Waals surface area contributed by atoms with Crippen LogP contribution in [-0.4, -0.2) is 56.5 Å². The lowest BCUT2D eigenvalue weighted by atomic mass is 9.95. The number of allylic oxidation sites excluding steroid dienone is 1. The lowest BCUT2D eigenvalue weighted by molar-refractivity contribution is -0.136. The SMILES string of the molecule is CCOc1cc(/C=N/N[C@@H](O)COc2ccc([C@@H]3NC(=O)NC(C)=C3C(=O)OC)cc2OCC)ccc1OCc1cccc(Cl)c1. The van der Waals surface area contributed by atoms with Gasteiger partial charge < -0.3 is 39.4 Å². The molecule has 0 saturated carbocycles. The van der Waals surface area contributed by atoms with Crippen LogP contribution in [-0.2, 0) is 16.1 Å². The van der Waals surface area contributed by atoms with Crippen LogP contribution in [0, 0.1) is 0 Å². The van der Waals surface area contributed by atoms with Gasteiger partial charge in [0.15, 0.2) is 29.2 Å². The number of hydrogen-bond acceptors (Lipinski definition) is 10. The molecule has 244 valence electrons. The van der Waals surface area contributed by atoms with Crippen LogP contribution in [0.4, 0.5) is 4.79 Å². The molecule has 12 nitrogen and oxygen atoms in total. The molecule has 4 rings (SSSR count). The number of hydrogen-bond donors (Lipinski definition) is 4. The largest absolute Gasteiger partial charge is 0.490 e. The zero-order chi connectivity index (χ0) is 33.1. The maximum Gasteiger partial charge on any atom is 0.337 e. The molecule has 3 aromatic carbocycles. The molecule has 0 radical (unpaired) electrons. The predicted molar refractivity (Wildman–Crippen MR) is 172 cm³/mol. The standard InChI is InChI=1S/C33H37ClN4O8/c1-5-43-27-15-21(10-12-25(27)45-18-22-8-7-9-24(34)14-22)17-35-38-29(39)19-46-26-13-11-23(16-28(26)44-6-2)31-30(32(40)42-4)20(3)36-33(41)37-31/h7-17,29,31,38-39H,5-6,18-19H2,1-4H3,(H2,36,37,41)/b35-17+/t29-,31-/m0/s1. The number of carbonyl (C=O) groups is 2. The first-order valence-corrected chi connectivity index (χ1v) is 15.0. The first-order chi connectivity index (χ1) is 22.2. The maximum absolute atomic E-state index is 12.5. The highest BCUT2D eigenvalue weighted by molar-refractivity contribution is 6.30. The lowest BCUT2D eigenvalue weighted by Gasteiger charge is -2.28. The van der Waals surface area contributed by atoms with E-state index in [1.807, 2.05) is 38.1 Å². The van der Waals surface area contributed by atoms with Crippen molar-refractivity contribution in [2.24, 2.45) is 5.10 Å². The number of ether oxygens (including phenoxy) is 5. The first-order valence-electron chi connectivity index (χ1n) is 14.6. The van der Waals surface area contributed by atoms with E-state index in [-0.39, 0.29) is 12.2 Å². The zero-order valence-electron chi connectivity index (χ0n) is 26.0. The van der Waals surface area contributed by atoms with Crippen molar-refractivity contribution in [1.82, 2.24) is 16.1 Å². The summed E-state index contributed by atoms with van der Waals surface area (Å²) >= 11 is 6.07. The molecule has 46 heavy (non-hydrogen) atoms. The van der Waals surface area contributed by atoms with Gasteiger partial charge in [0.25, 0.3) is 0 Å². The van der Waals surface area contributed by atoms with E-state index in [0.29, 0.717) is 64.7 Å². The Labute approximate surface area is 272 Å². The van der Waals surface area contributed by atoms with Crippen molar-refractivity contribution in [3.05, 3.63) is 93.6 Å². The monoisotopic (exact) mass is 652 g/mol. The number of hydrazone groups is 1. The molecule has 0 bridgehead atoms. The molecule has 13 heteroatoms. The summed E-state index contributed by atoms with van der Waals surface area (Å²) in [5.41, 5.74) is 5.52. The fourth-order valence-electron chi connectivity index (χ4n) is 4.60. The fraction of sp³-hybridized carbons (Fsp3) is 0.303. The van der Waals surface area contributed by atoms with E-state index in [4.69, 9.17) is 35.3 Å². The van der Waals surface area contributed by atoms with Gasteiger partial charge in [0, 0.05) is 10.7 Å². The van der Waals surface area contributed by atoms with Crippen LogP contribution in [0.25, 0.3) is 0 Å². The predicted octanol–water partition coefficient (Wildman–Crippen LogP) is 4.84. The Morgan fingerprint density at radius 3 is 2.43 bits per heavy atom. The molecule has 0 unspecified atom stereocenters. The Morgan fingerprint density at radius 2 is 1.72 bits per heavy atom. The average Bonchev–Trinajstić information content (AvgIpc) is 3.03. The van der Waals surface area contributed by atoms with Crippen molar-refractivity contribution in [3.8, 4) is 23.0 Å². The van der Waals surface area contributed by atoms with Gasteiger partial charge >= 0.3 is 12.0 Å². The number of esters is 1. The van der Waals surface area contributed by atoms with Crippen molar-refractivity contribution in [2.45, 2.75) is 39.6 Å². The molecule has 1 aliphatic heterocycles. The number of amides is 2. The first kappa shape index (κ1) is 33.9. The van der Waals surface area contributed by atoms with Crippen molar-refractivity contribution in [2.75, 3.05) is 26.9 Å². The summed E-state index contributed by atoms with van der Waals surface area (Å²) in [4.78, 5) is 24.6. The number of halogens is 1. The molecule has 2 atom stereocenters. The van der Waals surface area contributed by atoms with Gasteiger partial charge in [-0.2, -0.15) is 5.10 Å². The topological polar surface area (TPSA) is 149 Å². The number of nitrogens with zero attached hydrogens (tertiary/aromatic N) is 1. The van der Waals surface area contributed by atoms with E-state index in [1.54, 1.807) is 43.3 Å². The van der Waals surface area contributed by atoms with Gasteiger partial charge in [-0.1, -0.05) is 29.8 Å². The molecular formula is C33H37ClN4O8. The van der Waals surface area contributed by atoms with E-state index in [2.05, 4.69) is 21.2 Å². The van der Waals surface area contributed by atoms with Crippen molar-refractivity contribution < 1.29 is 38.4 Å². The van der Waals surface area contributed by atoms with E-state index >= 15 is 0 Å². The van der Waals surface area contributed by atoms with Crippen molar-refractivity contribution in [1.29, 1.82) is 0 Å². The van der Waals surface area contributed by atoms with Crippen LogP contribution in [0.1, 0.15) is 43.5 Å². The van der Waals surface area contributed by atoms with Crippen LogP contribution >= 0.6 is 11.6 Å². The molecule has 1 heterocycles. The summed E-state index contributed by atoms with van der Waals surface area (Å²) < 4.78 is 28.2. The molecule has 0 saturated heterocycles. The highest BCUT2D eigenvalue weighted by Crippen LogP contribution is 2.35. The van der Waals surface area contributed by atoms with Gasteiger partial charge in [-0.15, -0.1) is 0 Å². The van der Waals surface area contributed by atoms with Crippen molar-refractivity contribution >= 4 is 29.8 Å². The Hall–Kier alpha value is -4.94. The Kier molecular flexibility index (Phi) is 12.1. The molecular weight excluding hydrogens is 616 g/mol. The third kappa shape index (κ3) is 9.05. The third-order valence-corrected chi connectivity index (χ3v) is 6.90. The quantitative estimate of drug-likeness (QED) is 0.0783. The number of nitrogens with one attached hydrogen (secondary N) is 3. The third-order valence-electron chi connectivity index (χ3n) is 6.66. The number of aliphatic hydroxyl groups excluding tert-OH is 1. The van der Waals surface area contributed by atoms with Gasteiger partial charge in [-0.25, -0.2) is 9.59 Å². The van der Waals surface area contributed by atoms with Crippen LogP contribution in [0.2, 0.25) is 5.02 Å². The second-order valence-electron chi connectivity index (χ2n) is 9.97. The molecule has 0 fully saturated rings. The number of rotatable bonds is 15. The van der Waals surface area contributed by atoms with Gasteiger partial charge in [0.05, 0.1) is 38.2 Å². The van der Waals surface area contributed by atoms with E-state index < -0.39 is 24.3 Å². The lowest BCUT2D eigenvalue weighted by Crippen LogP contribution is -2.45. The van der Waals surface area contributed by atoms with Crippen LogP contribution < -0.4 is 35.0 Å². The molecule has 0 aliphatic carbocycles. The summed E-state index contributed by atoms with van der Waals surface area (Å²) in [6.45, 7) is 6.27. The highest BCUT2D eigenvalue weighted by atomic mass is 35.5. The number of urea groups is 1. The summed E-state index contributed by atoms with van der Waals surface area (Å²) in [6, 6.07) is 16.6. The fourth-order valence-corrected chi connectivity index (χ4v) is 4.81. The number of benzene rings is 3. The number of carbonyl (C=O) groups excluding carboxylic acids is 2. The zero-order valence-corrected chi connectivity index (χ0v) is 26.7. The normalized spacial score (nSPS) is 15.1. The average molecular weight is 653 g/mol. The minimum atomic E-state index is -1.16. The summed E-state index contributed by atoms with van der Waals surface area (Å²) in [5.74, 6) is 1.27. The second kappa shape index (κ2) is 16.4. The van der Waals surface area contributed by atoms with Crippen LogP contribution in [0.3, 0.4) is 0 Å². The maximum atomic E-state index is 12.5. The molecule has 2 amide bonds. The van der Waals surface area contributed by atoms with Crippen LogP contribution in [0.5, 0.6) is 23.0 Å². The van der Waals surface area contributed by atoms with Crippen LogP contribution in [0.15, 0.2) is 77.0 Å². The minimum Gasteiger partial charge on any atom is -0.490 e. The second-order valence-corrected chi connectivity index (χ2v) is 10.4. The van der Waals surface area contributed by atoms with Gasteiger partial charge in [-0.3, -0.25) is 5.43 Å². The number of methoxy groups -OCH3 is 1. The smallest absolute Gasteiger partial charge is 0.337 e. The van der Waals surface area contributed by atoms with Gasteiger partial charge in [-0.05, 0) is 79.9 Å². The summed E-state index contributed by atoms with van der Waals surface area (Å²) in [7, 11) is 1.27. The summed E-state index contributed by atoms with van der Waals surface area (Å²) in [5, 5.41) is 20.6. The highest BCUT2D eigenvalue weighted by Gasteiger charge is 2.32. The molecule has 3 aromatic rings. The molecule has 4 N–H and O–H groups in total. The van der Waals surface area contributed by atoms with E-state index in [0.717, 1.165) is 5.56 Å². The summed E-state index contributed by atoms with van der Waals surface area (Å²) in [6.07, 6.45) is 0.381. The molecule has 0 spiro atoms. The van der Waals surface area contributed by atoms with Crippen molar-refractivity contribution in [3.63, 3.8) is 0 Å². The van der Waals surface area contributed by atoms with E-state index in [1.165, 1.54) is 13.3 Å². The van der Waals surface area contributed by atoms with Gasteiger partial charge in [0.2, 0.25) is 0 Å². The van der Waals surface area contributed by atoms with E-state index in [9.17, 15) is 14.7 Å². The molecule has 1 aliphatic rings. The Morgan fingerprint density at radius 1 is 1.00 bits per heavy atom. The van der Waals surface area contributed by atoms with Gasteiger partial charge in [0.1, 0.15) is 13.2 Å². The Balaban J connectivity index is 1.37. The number of aliphatic hydroxyl groups is 1. The molecule has 0 aromatic heterocycles. The Bertz CT molecular complexity index is 1600.